The minimum absolute atomic E-state index is 0.0357. The highest BCUT2D eigenvalue weighted by Crippen LogP contribution is 2.07. The van der Waals surface area contributed by atoms with Crippen molar-refractivity contribution >= 4 is 28.7 Å². The Labute approximate surface area is 146 Å². The molecule has 0 atom stereocenters. The van der Waals surface area contributed by atoms with Gasteiger partial charge in [0.25, 0.3) is 5.56 Å². The Hall–Kier alpha value is -2.94. The van der Waals surface area contributed by atoms with Crippen LogP contribution in [0.4, 0.5) is 0 Å². The number of pyridine rings is 1. The van der Waals surface area contributed by atoms with Crippen LogP contribution in [-0.4, -0.2) is 29.6 Å². The van der Waals surface area contributed by atoms with Crippen LogP contribution in [0.2, 0.25) is 5.15 Å². The van der Waals surface area contributed by atoms with Gasteiger partial charge >= 0.3 is 11.7 Å². The summed E-state index contributed by atoms with van der Waals surface area (Å²) in [6, 6.07) is 3.23. The summed E-state index contributed by atoms with van der Waals surface area (Å²) in [5, 5.41) is 0.328. The molecule has 0 saturated heterocycles. The maximum absolute atomic E-state index is 12.5. The van der Waals surface area contributed by atoms with Crippen molar-refractivity contribution in [3.63, 3.8) is 0 Å². The van der Waals surface area contributed by atoms with Crippen molar-refractivity contribution in [2.75, 3.05) is 0 Å². The van der Waals surface area contributed by atoms with E-state index in [1.807, 2.05) is 0 Å². The van der Waals surface area contributed by atoms with E-state index < -0.39 is 23.8 Å². The number of carbonyl (C=O) groups is 1. The number of fused-ring (bicyclic) bond motifs is 1. The van der Waals surface area contributed by atoms with Crippen molar-refractivity contribution in [2.24, 2.45) is 14.1 Å². The summed E-state index contributed by atoms with van der Waals surface area (Å²) < 4.78 is 8.63. The molecule has 3 aromatic heterocycles. The van der Waals surface area contributed by atoms with Gasteiger partial charge in [-0.25, -0.2) is 19.3 Å². The molecule has 25 heavy (non-hydrogen) atoms. The summed E-state index contributed by atoms with van der Waals surface area (Å²) in [5.74, 6) is -0.712. The largest absolute Gasteiger partial charge is 0.459 e. The van der Waals surface area contributed by atoms with Gasteiger partial charge < -0.3 is 9.30 Å². The molecule has 0 unspecified atom stereocenters. The molecule has 3 heterocycles. The van der Waals surface area contributed by atoms with E-state index in [9.17, 15) is 14.4 Å². The summed E-state index contributed by atoms with van der Waals surface area (Å²) in [4.78, 5) is 44.7. The zero-order valence-corrected chi connectivity index (χ0v) is 14.2. The second-order valence-corrected chi connectivity index (χ2v) is 5.80. The van der Waals surface area contributed by atoms with E-state index in [-0.39, 0.29) is 17.8 Å². The molecule has 9 nitrogen and oxygen atoms in total. The lowest BCUT2D eigenvalue weighted by atomic mass is 10.3. The minimum atomic E-state index is -0.712. The van der Waals surface area contributed by atoms with Gasteiger partial charge in [-0.05, 0) is 6.07 Å². The summed E-state index contributed by atoms with van der Waals surface area (Å²) >= 11 is 5.68. The summed E-state index contributed by atoms with van der Waals surface area (Å²) in [6.07, 6.45) is 2.91. The van der Waals surface area contributed by atoms with Gasteiger partial charge in [0.1, 0.15) is 18.3 Å². The van der Waals surface area contributed by atoms with Gasteiger partial charge in [0.15, 0.2) is 11.2 Å². The zero-order valence-electron chi connectivity index (χ0n) is 13.5. The predicted molar refractivity (Wildman–Crippen MR) is 89.3 cm³/mol. The Kier molecular flexibility index (Phi) is 4.41. The normalized spacial score (nSPS) is 11.0. The molecule has 0 aliphatic rings. The van der Waals surface area contributed by atoms with Crippen LogP contribution in [-0.2, 0) is 36.8 Å². The average Bonchev–Trinajstić information content (AvgIpc) is 2.98. The van der Waals surface area contributed by atoms with Crippen molar-refractivity contribution in [3.05, 3.63) is 56.2 Å². The molecule has 3 aromatic rings. The van der Waals surface area contributed by atoms with E-state index in [1.165, 1.54) is 28.7 Å². The van der Waals surface area contributed by atoms with E-state index in [2.05, 4.69) is 9.97 Å². The van der Waals surface area contributed by atoms with E-state index in [4.69, 9.17) is 16.3 Å². The Morgan fingerprint density at radius 1 is 1.24 bits per heavy atom. The first kappa shape index (κ1) is 16.9. The first-order valence-corrected chi connectivity index (χ1v) is 7.63. The van der Waals surface area contributed by atoms with E-state index >= 15 is 0 Å². The van der Waals surface area contributed by atoms with Crippen LogP contribution in [0.25, 0.3) is 11.2 Å². The molecule has 10 heteroatoms. The standard InChI is InChI=1S/C15H14ClN5O4/c1-19-8-18-13-12(19)14(23)21(15(24)20(13)2)6-11(22)25-7-9-3-4-10(16)17-5-9/h3-5,8H,6-7H2,1-2H3. The number of nitrogens with zero attached hydrogens (tertiary/aromatic N) is 5. The third-order valence-electron chi connectivity index (χ3n) is 3.68. The van der Waals surface area contributed by atoms with Gasteiger partial charge in [-0.2, -0.15) is 0 Å². The van der Waals surface area contributed by atoms with Gasteiger partial charge in [0.05, 0.1) is 6.33 Å². The highest BCUT2D eigenvalue weighted by molar-refractivity contribution is 6.29. The third-order valence-corrected chi connectivity index (χ3v) is 3.90. The Morgan fingerprint density at radius 2 is 2.00 bits per heavy atom. The monoisotopic (exact) mass is 363 g/mol. The van der Waals surface area contributed by atoms with Crippen molar-refractivity contribution in [2.45, 2.75) is 13.2 Å². The number of halogens is 1. The third kappa shape index (κ3) is 3.18. The number of imidazole rings is 1. The molecule has 0 spiro atoms. The molecule has 0 fully saturated rings. The van der Waals surface area contributed by atoms with Gasteiger partial charge in [0, 0.05) is 25.9 Å². The van der Waals surface area contributed by atoms with Crippen LogP contribution in [0.5, 0.6) is 0 Å². The Morgan fingerprint density at radius 3 is 2.68 bits per heavy atom. The van der Waals surface area contributed by atoms with Crippen LogP contribution < -0.4 is 11.2 Å². The fraction of sp³-hybridized carbons (Fsp3) is 0.267. The first-order valence-electron chi connectivity index (χ1n) is 7.25. The maximum Gasteiger partial charge on any atom is 0.333 e. The number of hydrogen-bond acceptors (Lipinski definition) is 6. The lowest BCUT2D eigenvalue weighted by Gasteiger charge is -2.09. The van der Waals surface area contributed by atoms with Gasteiger partial charge in [-0.1, -0.05) is 17.7 Å². The lowest BCUT2D eigenvalue weighted by Crippen LogP contribution is -2.41. The van der Waals surface area contributed by atoms with Gasteiger partial charge in [-0.3, -0.25) is 14.2 Å². The molecular weight excluding hydrogens is 350 g/mol. The van der Waals surface area contributed by atoms with Crippen LogP contribution in [0.3, 0.4) is 0 Å². The zero-order chi connectivity index (χ0) is 18.1. The number of aryl methyl sites for hydroxylation is 2. The van der Waals surface area contributed by atoms with Crippen LogP contribution in [0, 0.1) is 0 Å². The molecule has 0 N–H and O–H groups in total. The average molecular weight is 364 g/mol. The quantitative estimate of drug-likeness (QED) is 0.485. The minimum Gasteiger partial charge on any atom is -0.459 e. The van der Waals surface area contributed by atoms with E-state index in [0.717, 1.165) is 4.57 Å². The van der Waals surface area contributed by atoms with Crippen LogP contribution in [0.15, 0.2) is 34.2 Å². The maximum atomic E-state index is 12.5. The fourth-order valence-corrected chi connectivity index (χ4v) is 2.48. The number of rotatable bonds is 4. The van der Waals surface area contributed by atoms with Crippen LogP contribution in [0.1, 0.15) is 5.56 Å². The number of hydrogen-bond donors (Lipinski definition) is 0. The predicted octanol–water partition coefficient (Wildman–Crippen LogP) is 0.225. The highest BCUT2D eigenvalue weighted by Gasteiger charge is 2.17. The van der Waals surface area contributed by atoms with Crippen LogP contribution >= 0.6 is 11.6 Å². The van der Waals surface area contributed by atoms with Crippen molar-refractivity contribution in [1.29, 1.82) is 0 Å². The molecule has 0 bridgehead atoms. The molecule has 0 radical (unpaired) electrons. The van der Waals surface area contributed by atoms with Gasteiger partial charge in [0.2, 0.25) is 0 Å². The first-order chi connectivity index (χ1) is 11.9. The fourth-order valence-electron chi connectivity index (χ4n) is 2.37. The topological polar surface area (TPSA) is 101 Å². The lowest BCUT2D eigenvalue weighted by molar-refractivity contribution is -0.145. The molecule has 0 aliphatic carbocycles. The second-order valence-electron chi connectivity index (χ2n) is 5.41. The molecule has 0 aromatic carbocycles. The smallest absolute Gasteiger partial charge is 0.333 e. The molecular formula is C15H14ClN5O4. The van der Waals surface area contributed by atoms with E-state index in [0.29, 0.717) is 10.7 Å². The molecule has 0 amide bonds. The molecule has 130 valence electrons. The summed E-state index contributed by atoms with van der Waals surface area (Å²) in [5.41, 5.74) is -0.101. The Balaban J connectivity index is 1.84. The number of ether oxygens (including phenoxy) is 1. The summed E-state index contributed by atoms with van der Waals surface area (Å²) in [7, 11) is 3.12. The second kappa shape index (κ2) is 6.52. The number of carbonyl (C=O) groups excluding carboxylic acids is 1. The number of esters is 1. The van der Waals surface area contributed by atoms with Crippen molar-refractivity contribution in [3.8, 4) is 0 Å². The SMILES string of the molecule is Cn1cnc2c1c(=O)n(CC(=O)OCc1ccc(Cl)nc1)c(=O)n2C. The van der Waals surface area contributed by atoms with Crippen molar-refractivity contribution < 1.29 is 9.53 Å². The van der Waals surface area contributed by atoms with Gasteiger partial charge in [-0.15, -0.1) is 0 Å². The number of aromatic nitrogens is 5. The molecule has 0 aliphatic heterocycles. The summed E-state index contributed by atoms with van der Waals surface area (Å²) in [6.45, 7) is -0.528. The van der Waals surface area contributed by atoms with Crippen molar-refractivity contribution in [1.82, 2.24) is 23.7 Å². The highest BCUT2D eigenvalue weighted by atomic mass is 35.5. The molecule has 0 saturated carbocycles. The molecule has 3 rings (SSSR count). The Bertz CT molecular complexity index is 1060. The van der Waals surface area contributed by atoms with E-state index in [1.54, 1.807) is 19.2 Å².